The van der Waals surface area contributed by atoms with Crippen molar-refractivity contribution in [2.24, 2.45) is 11.8 Å². The fourth-order valence-electron chi connectivity index (χ4n) is 1.85. The van der Waals surface area contributed by atoms with Crippen molar-refractivity contribution in [1.29, 1.82) is 0 Å². The molecule has 0 aromatic heterocycles. The van der Waals surface area contributed by atoms with Crippen LogP contribution < -0.4 is 0 Å². The molecule has 0 aromatic rings. The molecule has 4 heteroatoms. The van der Waals surface area contributed by atoms with E-state index in [1.807, 2.05) is 34.6 Å². The quantitative estimate of drug-likeness (QED) is 0.549. The number of rotatable bonds is 6. The third kappa shape index (κ3) is 6.41. The Hall–Kier alpha value is -1.32. The Bertz CT molecular complexity index is 326. The molecule has 0 bridgehead atoms. The molecule has 0 spiro atoms. The predicted molar refractivity (Wildman–Crippen MR) is 74.6 cm³/mol. The molecule has 4 nitrogen and oxygen atoms in total. The van der Waals surface area contributed by atoms with Crippen molar-refractivity contribution in [2.75, 3.05) is 7.11 Å². The van der Waals surface area contributed by atoms with Crippen LogP contribution in [0.2, 0.25) is 0 Å². The highest BCUT2D eigenvalue weighted by atomic mass is 16.6. The van der Waals surface area contributed by atoms with Crippen molar-refractivity contribution in [3.05, 3.63) is 12.2 Å². The van der Waals surface area contributed by atoms with Gasteiger partial charge in [-0.25, -0.2) is 0 Å². The SMILES string of the molecule is C/C=C/C(C(=O)OC)C(CCC)C(=O)OC(C)(C)C. The van der Waals surface area contributed by atoms with Crippen LogP contribution in [-0.2, 0) is 19.1 Å². The highest BCUT2D eigenvalue weighted by Crippen LogP contribution is 2.24. The van der Waals surface area contributed by atoms with E-state index in [0.717, 1.165) is 6.42 Å². The molecule has 0 N–H and O–H groups in total. The number of allylic oxidation sites excluding steroid dienone is 1. The molecule has 2 atom stereocenters. The molecule has 0 rings (SSSR count). The third-order valence-corrected chi connectivity index (χ3v) is 2.62. The van der Waals surface area contributed by atoms with Gasteiger partial charge in [0.15, 0.2) is 0 Å². The fourth-order valence-corrected chi connectivity index (χ4v) is 1.85. The average molecular weight is 270 g/mol. The second kappa shape index (κ2) is 7.97. The van der Waals surface area contributed by atoms with Crippen LogP contribution in [0.3, 0.4) is 0 Å². The van der Waals surface area contributed by atoms with Gasteiger partial charge in [0.2, 0.25) is 0 Å². The van der Waals surface area contributed by atoms with Gasteiger partial charge in [0, 0.05) is 0 Å². The largest absolute Gasteiger partial charge is 0.469 e. The lowest BCUT2D eigenvalue weighted by molar-refractivity contribution is -0.166. The first kappa shape index (κ1) is 17.7. The molecule has 110 valence electrons. The van der Waals surface area contributed by atoms with Gasteiger partial charge in [-0.2, -0.15) is 0 Å². The number of esters is 2. The molecule has 0 heterocycles. The summed E-state index contributed by atoms with van der Waals surface area (Å²) < 4.78 is 10.2. The van der Waals surface area contributed by atoms with Crippen molar-refractivity contribution in [1.82, 2.24) is 0 Å². The lowest BCUT2D eigenvalue weighted by Gasteiger charge is -2.26. The van der Waals surface area contributed by atoms with Crippen molar-refractivity contribution < 1.29 is 19.1 Å². The van der Waals surface area contributed by atoms with E-state index < -0.39 is 23.4 Å². The monoisotopic (exact) mass is 270 g/mol. The summed E-state index contributed by atoms with van der Waals surface area (Å²) in [6.07, 6.45) is 4.86. The van der Waals surface area contributed by atoms with Crippen LogP contribution in [0, 0.1) is 11.8 Å². The number of hydrogen-bond acceptors (Lipinski definition) is 4. The van der Waals surface area contributed by atoms with Gasteiger partial charge in [-0.15, -0.1) is 0 Å². The maximum absolute atomic E-state index is 12.2. The van der Waals surface area contributed by atoms with Gasteiger partial charge in [0.1, 0.15) is 5.60 Å². The average Bonchev–Trinajstić information content (AvgIpc) is 2.30. The predicted octanol–water partition coefficient (Wildman–Crippen LogP) is 3.11. The molecule has 0 amide bonds. The van der Waals surface area contributed by atoms with E-state index >= 15 is 0 Å². The molecule has 0 aliphatic carbocycles. The highest BCUT2D eigenvalue weighted by molar-refractivity contribution is 5.83. The summed E-state index contributed by atoms with van der Waals surface area (Å²) in [6, 6.07) is 0. The number of hydrogen-bond donors (Lipinski definition) is 0. The number of ether oxygens (including phenoxy) is 2. The first-order chi connectivity index (χ1) is 8.76. The lowest BCUT2D eigenvalue weighted by Crippen LogP contribution is -2.35. The fraction of sp³-hybridized carbons (Fsp3) is 0.733. The number of methoxy groups -OCH3 is 1. The summed E-state index contributed by atoms with van der Waals surface area (Å²) in [5.74, 6) is -1.82. The maximum atomic E-state index is 12.2. The summed E-state index contributed by atoms with van der Waals surface area (Å²) >= 11 is 0. The Kier molecular flexibility index (Phi) is 7.42. The van der Waals surface area contributed by atoms with Crippen molar-refractivity contribution in [2.45, 2.75) is 53.1 Å². The van der Waals surface area contributed by atoms with Crippen LogP contribution in [0.1, 0.15) is 47.5 Å². The summed E-state index contributed by atoms with van der Waals surface area (Å²) in [7, 11) is 1.33. The van der Waals surface area contributed by atoms with E-state index in [4.69, 9.17) is 9.47 Å². The Labute approximate surface area is 116 Å². The summed E-state index contributed by atoms with van der Waals surface area (Å²) in [5, 5.41) is 0. The molecule has 0 saturated carbocycles. The van der Waals surface area contributed by atoms with E-state index in [2.05, 4.69) is 0 Å². The number of carbonyl (C=O) groups is 2. The highest BCUT2D eigenvalue weighted by Gasteiger charge is 2.34. The zero-order valence-corrected chi connectivity index (χ0v) is 12.9. The van der Waals surface area contributed by atoms with Gasteiger partial charge in [0.05, 0.1) is 18.9 Å². The standard InChI is InChI=1S/C15H26O4/c1-7-9-11(13(16)18-6)12(10-8-2)14(17)19-15(3,4)5/h7,9,11-12H,8,10H2,1-6H3/b9-7+. The Balaban J connectivity index is 5.13. The summed E-state index contributed by atoms with van der Waals surface area (Å²) in [5.41, 5.74) is -0.556. The smallest absolute Gasteiger partial charge is 0.313 e. The minimum Gasteiger partial charge on any atom is -0.469 e. The lowest BCUT2D eigenvalue weighted by atomic mass is 9.88. The van der Waals surface area contributed by atoms with Gasteiger partial charge >= 0.3 is 11.9 Å². The Morgan fingerprint density at radius 2 is 1.79 bits per heavy atom. The van der Waals surface area contributed by atoms with Crippen LogP contribution in [-0.4, -0.2) is 24.6 Å². The summed E-state index contributed by atoms with van der Waals surface area (Å²) in [4.78, 5) is 24.0. The molecule has 0 aliphatic rings. The first-order valence-corrected chi connectivity index (χ1v) is 6.70. The van der Waals surface area contributed by atoms with E-state index in [0.29, 0.717) is 6.42 Å². The first-order valence-electron chi connectivity index (χ1n) is 6.70. The van der Waals surface area contributed by atoms with Crippen LogP contribution in [0.4, 0.5) is 0 Å². The van der Waals surface area contributed by atoms with Crippen LogP contribution in [0.25, 0.3) is 0 Å². The third-order valence-electron chi connectivity index (χ3n) is 2.62. The maximum Gasteiger partial charge on any atom is 0.313 e. The van der Waals surface area contributed by atoms with Crippen LogP contribution in [0.15, 0.2) is 12.2 Å². The Morgan fingerprint density at radius 1 is 1.21 bits per heavy atom. The number of carbonyl (C=O) groups excluding carboxylic acids is 2. The van der Waals surface area contributed by atoms with E-state index in [1.165, 1.54) is 7.11 Å². The normalized spacial score (nSPS) is 15.1. The molecule has 0 aromatic carbocycles. The second-order valence-corrected chi connectivity index (χ2v) is 5.50. The van der Waals surface area contributed by atoms with Gasteiger partial charge in [-0.3, -0.25) is 9.59 Å². The van der Waals surface area contributed by atoms with Gasteiger partial charge in [-0.1, -0.05) is 25.5 Å². The van der Waals surface area contributed by atoms with Crippen molar-refractivity contribution in [3.8, 4) is 0 Å². The van der Waals surface area contributed by atoms with Crippen LogP contribution >= 0.6 is 0 Å². The van der Waals surface area contributed by atoms with Gasteiger partial charge < -0.3 is 9.47 Å². The molecule has 0 saturated heterocycles. The Morgan fingerprint density at radius 3 is 2.16 bits per heavy atom. The molecule has 0 fully saturated rings. The van der Waals surface area contributed by atoms with Crippen molar-refractivity contribution in [3.63, 3.8) is 0 Å². The summed E-state index contributed by atoms with van der Waals surface area (Å²) in [6.45, 7) is 9.24. The van der Waals surface area contributed by atoms with Crippen molar-refractivity contribution >= 4 is 11.9 Å². The molecule has 0 radical (unpaired) electrons. The molecule has 19 heavy (non-hydrogen) atoms. The van der Waals surface area contributed by atoms with Gasteiger partial charge in [0.25, 0.3) is 0 Å². The molecular weight excluding hydrogens is 244 g/mol. The van der Waals surface area contributed by atoms with E-state index in [-0.39, 0.29) is 5.97 Å². The molecular formula is C15H26O4. The minimum atomic E-state index is -0.579. The van der Waals surface area contributed by atoms with E-state index in [1.54, 1.807) is 12.2 Å². The zero-order valence-electron chi connectivity index (χ0n) is 12.9. The minimum absolute atomic E-state index is 0.345. The zero-order chi connectivity index (χ0) is 15.1. The molecule has 2 unspecified atom stereocenters. The topological polar surface area (TPSA) is 52.6 Å². The van der Waals surface area contributed by atoms with Gasteiger partial charge in [-0.05, 0) is 34.1 Å². The van der Waals surface area contributed by atoms with E-state index in [9.17, 15) is 9.59 Å². The molecule has 0 aliphatic heterocycles. The second-order valence-electron chi connectivity index (χ2n) is 5.50. The van der Waals surface area contributed by atoms with Crippen LogP contribution in [0.5, 0.6) is 0 Å².